The molecule has 6 heteroatoms. The van der Waals surface area contributed by atoms with Gasteiger partial charge in [-0.05, 0) is 51.1 Å². The van der Waals surface area contributed by atoms with Crippen LogP contribution < -0.4 is 10.1 Å². The number of ether oxygens (including phenoxy) is 1. The molecular weight excluding hydrogens is 281 g/mol. The standard InChI is InChI=1S/C15H21F3N2O/c1-11(20-9-3-4-13(20)10-19-2)12-5-7-14(8-6-12)21-15(16,17)18/h5-8,11,13,19H,3-4,9-10H2,1-2H3. The van der Waals surface area contributed by atoms with Gasteiger partial charge in [0.1, 0.15) is 5.75 Å². The molecule has 0 amide bonds. The normalized spacial score (nSPS) is 21.5. The van der Waals surface area contributed by atoms with Gasteiger partial charge in [-0.2, -0.15) is 0 Å². The molecule has 1 heterocycles. The van der Waals surface area contributed by atoms with Crippen LogP contribution in [0.15, 0.2) is 24.3 Å². The monoisotopic (exact) mass is 302 g/mol. The fraction of sp³-hybridized carbons (Fsp3) is 0.600. The molecule has 2 unspecified atom stereocenters. The van der Waals surface area contributed by atoms with E-state index < -0.39 is 6.36 Å². The summed E-state index contributed by atoms with van der Waals surface area (Å²) in [6.07, 6.45) is -2.33. The zero-order valence-electron chi connectivity index (χ0n) is 12.3. The van der Waals surface area contributed by atoms with E-state index >= 15 is 0 Å². The Morgan fingerprint density at radius 2 is 2.00 bits per heavy atom. The van der Waals surface area contributed by atoms with Crippen LogP contribution in [0.25, 0.3) is 0 Å². The fourth-order valence-electron chi connectivity index (χ4n) is 2.96. The van der Waals surface area contributed by atoms with E-state index in [9.17, 15) is 13.2 Å². The minimum Gasteiger partial charge on any atom is -0.406 e. The van der Waals surface area contributed by atoms with Crippen LogP contribution in [0, 0.1) is 0 Å². The molecule has 2 rings (SSSR count). The van der Waals surface area contributed by atoms with Crippen LogP contribution in [0.5, 0.6) is 5.75 Å². The van der Waals surface area contributed by atoms with Gasteiger partial charge in [-0.1, -0.05) is 12.1 Å². The number of hydrogen-bond donors (Lipinski definition) is 1. The lowest BCUT2D eigenvalue weighted by Gasteiger charge is -2.31. The molecule has 0 radical (unpaired) electrons. The Balaban J connectivity index is 2.04. The van der Waals surface area contributed by atoms with Gasteiger partial charge in [0, 0.05) is 18.6 Å². The third kappa shape index (κ3) is 4.35. The average molecular weight is 302 g/mol. The molecule has 2 atom stereocenters. The predicted molar refractivity (Wildman–Crippen MR) is 75.2 cm³/mol. The molecule has 1 aliphatic rings. The molecule has 118 valence electrons. The second-order valence-corrected chi connectivity index (χ2v) is 5.38. The summed E-state index contributed by atoms with van der Waals surface area (Å²) in [4.78, 5) is 2.40. The molecule has 1 saturated heterocycles. The van der Waals surface area contributed by atoms with Gasteiger partial charge in [0.2, 0.25) is 0 Å². The number of alkyl halides is 3. The van der Waals surface area contributed by atoms with Crippen molar-refractivity contribution in [3.05, 3.63) is 29.8 Å². The summed E-state index contributed by atoms with van der Waals surface area (Å²) in [5, 5.41) is 3.19. The van der Waals surface area contributed by atoms with Crippen LogP contribution in [-0.4, -0.2) is 37.4 Å². The first-order valence-electron chi connectivity index (χ1n) is 7.17. The van der Waals surface area contributed by atoms with Crippen molar-refractivity contribution in [3.8, 4) is 5.75 Å². The van der Waals surface area contributed by atoms with Crippen LogP contribution in [0.3, 0.4) is 0 Å². The topological polar surface area (TPSA) is 24.5 Å². The smallest absolute Gasteiger partial charge is 0.406 e. The predicted octanol–water partition coefficient (Wildman–Crippen LogP) is 3.33. The van der Waals surface area contributed by atoms with Crippen LogP contribution in [0.1, 0.15) is 31.4 Å². The highest BCUT2D eigenvalue weighted by Crippen LogP contribution is 2.30. The lowest BCUT2D eigenvalue weighted by molar-refractivity contribution is -0.274. The molecular formula is C15H21F3N2O. The molecule has 0 saturated carbocycles. The second kappa shape index (κ2) is 6.66. The van der Waals surface area contributed by atoms with Crippen molar-refractivity contribution in [3.63, 3.8) is 0 Å². The molecule has 0 bridgehead atoms. The van der Waals surface area contributed by atoms with E-state index in [0.717, 1.165) is 31.5 Å². The molecule has 0 spiro atoms. The summed E-state index contributed by atoms with van der Waals surface area (Å²) in [5.74, 6) is -0.174. The number of hydrogen-bond acceptors (Lipinski definition) is 3. The van der Waals surface area contributed by atoms with E-state index in [1.54, 1.807) is 12.1 Å². The zero-order valence-corrected chi connectivity index (χ0v) is 12.3. The Morgan fingerprint density at radius 1 is 1.33 bits per heavy atom. The molecule has 1 aromatic rings. The van der Waals surface area contributed by atoms with Gasteiger partial charge in [0.15, 0.2) is 0 Å². The molecule has 1 fully saturated rings. The third-order valence-electron chi connectivity index (χ3n) is 3.96. The quantitative estimate of drug-likeness (QED) is 0.903. The van der Waals surface area contributed by atoms with Gasteiger partial charge in [0.05, 0.1) is 0 Å². The van der Waals surface area contributed by atoms with Gasteiger partial charge < -0.3 is 10.1 Å². The van der Waals surface area contributed by atoms with Crippen LogP contribution in [0.2, 0.25) is 0 Å². The summed E-state index contributed by atoms with van der Waals surface area (Å²) in [5.41, 5.74) is 1.01. The summed E-state index contributed by atoms with van der Waals surface area (Å²) >= 11 is 0. The van der Waals surface area contributed by atoms with Crippen molar-refractivity contribution in [2.75, 3.05) is 20.1 Å². The molecule has 0 aromatic heterocycles. The number of benzene rings is 1. The molecule has 3 nitrogen and oxygen atoms in total. The number of rotatable bonds is 5. The first-order valence-corrected chi connectivity index (χ1v) is 7.17. The van der Waals surface area contributed by atoms with Gasteiger partial charge >= 0.3 is 6.36 Å². The Labute approximate surface area is 123 Å². The van der Waals surface area contributed by atoms with E-state index in [1.165, 1.54) is 12.1 Å². The minimum absolute atomic E-state index is 0.174. The SMILES string of the molecule is CNCC1CCCN1C(C)c1ccc(OC(F)(F)F)cc1. The number of nitrogens with one attached hydrogen (secondary N) is 1. The highest BCUT2D eigenvalue weighted by atomic mass is 19.4. The van der Waals surface area contributed by atoms with Crippen LogP contribution in [0.4, 0.5) is 13.2 Å². The molecule has 1 aromatic carbocycles. The molecule has 0 aliphatic carbocycles. The lowest BCUT2D eigenvalue weighted by atomic mass is 10.1. The number of halogens is 3. The van der Waals surface area contributed by atoms with Crippen molar-refractivity contribution >= 4 is 0 Å². The first kappa shape index (κ1) is 16.1. The molecule has 21 heavy (non-hydrogen) atoms. The maximum absolute atomic E-state index is 12.1. The Morgan fingerprint density at radius 3 is 2.57 bits per heavy atom. The largest absolute Gasteiger partial charge is 0.573 e. The second-order valence-electron chi connectivity index (χ2n) is 5.38. The highest BCUT2D eigenvalue weighted by molar-refractivity contribution is 5.29. The molecule has 1 aliphatic heterocycles. The number of nitrogens with zero attached hydrogens (tertiary/aromatic N) is 1. The van der Waals surface area contributed by atoms with Crippen LogP contribution >= 0.6 is 0 Å². The van der Waals surface area contributed by atoms with Gasteiger partial charge in [-0.15, -0.1) is 13.2 Å². The highest BCUT2D eigenvalue weighted by Gasteiger charge is 2.31. The number of likely N-dealkylation sites (N-methyl/N-ethyl adjacent to an activating group) is 1. The Kier molecular flexibility index (Phi) is 5.11. The summed E-state index contributed by atoms with van der Waals surface area (Å²) in [6, 6.07) is 6.84. The maximum Gasteiger partial charge on any atom is 0.573 e. The van der Waals surface area contributed by atoms with Crippen LogP contribution in [-0.2, 0) is 0 Å². The maximum atomic E-state index is 12.1. The van der Waals surface area contributed by atoms with Crippen molar-refractivity contribution < 1.29 is 17.9 Å². The van der Waals surface area contributed by atoms with E-state index in [4.69, 9.17) is 0 Å². The van der Waals surface area contributed by atoms with Crippen molar-refractivity contribution in [2.24, 2.45) is 0 Å². The van der Waals surface area contributed by atoms with Crippen molar-refractivity contribution in [2.45, 2.75) is 38.2 Å². The summed E-state index contributed by atoms with van der Waals surface area (Å²) in [7, 11) is 1.93. The van der Waals surface area contributed by atoms with E-state index in [1.807, 2.05) is 7.05 Å². The van der Waals surface area contributed by atoms with E-state index in [0.29, 0.717) is 6.04 Å². The van der Waals surface area contributed by atoms with Gasteiger partial charge in [-0.25, -0.2) is 0 Å². The van der Waals surface area contributed by atoms with Gasteiger partial charge in [0.25, 0.3) is 0 Å². The Bertz CT molecular complexity index is 447. The van der Waals surface area contributed by atoms with E-state index in [-0.39, 0.29) is 11.8 Å². The Hall–Kier alpha value is -1.27. The fourth-order valence-corrected chi connectivity index (χ4v) is 2.96. The van der Waals surface area contributed by atoms with Crippen molar-refractivity contribution in [1.82, 2.24) is 10.2 Å². The van der Waals surface area contributed by atoms with Gasteiger partial charge in [-0.3, -0.25) is 4.90 Å². The number of likely N-dealkylation sites (tertiary alicyclic amines) is 1. The lowest BCUT2D eigenvalue weighted by Crippen LogP contribution is -2.38. The zero-order chi connectivity index (χ0) is 15.5. The van der Waals surface area contributed by atoms with Crippen molar-refractivity contribution in [1.29, 1.82) is 0 Å². The summed E-state index contributed by atoms with van der Waals surface area (Å²) < 4.78 is 40.3. The molecule has 1 N–H and O–H groups in total. The summed E-state index contributed by atoms with van der Waals surface area (Å²) in [6.45, 7) is 4.04. The minimum atomic E-state index is -4.64. The first-order chi connectivity index (χ1) is 9.90. The third-order valence-corrected chi connectivity index (χ3v) is 3.96. The van der Waals surface area contributed by atoms with E-state index in [2.05, 4.69) is 21.9 Å². The average Bonchev–Trinajstić information content (AvgIpc) is 2.86.